The Hall–Kier alpha value is -4.02. The summed E-state index contributed by atoms with van der Waals surface area (Å²) in [5.74, 6) is 0.705. The van der Waals surface area contributed by atoms with Crippen LogP contribution in [0.1, 0.15) is 0 Å². The second-order valence-corrected chi connectivity index (χ2v) is 8.69. The van der Waals surface area contributed by atoms with Crippen LogP contribution in [0.25, 0.3) is 60.7 Å². The van der Waals surface area contributed by atoms with Crippen LogP contribution in [0.4, 0.5) is 0 Å². The summed E-state index contributed by atoms with van der Waals surface area (Å²) in [7, 11) is 0. The van der Waals surface area contributed by atoms with Crippen molar-refractivity contribution in [2.45, 2.75) is 0 Å². The summed E-state index contributed by atoms with van der Waals surface area (Å²) in [4.78, 5) is 10.1. The molecule has 3 nitrogen and oxygen atoms in total. The zero-order valence-electron chi connectivity index (χ0n) is 17.1. The van der Waals surface area contributed by atoms with Crippen LogP contribution in [0, 0.1) is 0 Å². The molecule has 0 bridgehead atoms. The third-order valence-electron chi connectivity index (χ3n) is 6.14. The van der Waals surface area contributed by atoms with Gasteiger partial charge in [0, 0.05) is 32.5 Å². The Morgan fingerprint density at radius 1 is 0.594 bits per heavy atom. The summed E-state index contributed by atoms with van der Waals surface area (Å²) in [6.07, 6.45) is 0. The number of hydrogen-bond donors (Lipinski definition) is 0. The summed E-state index contributed by atoms with van der Waals surface area (Å²) in [6.45, 7) is 0. The van der Waals surface area contributed by atoms with Crippen molar-refractivity contribution in [1.29, 1.82) is 0 Å². The Bertz CT molecular complexity index is 1780. The Kier molecular flexibility index (Phi) is 3.72. The van der Waals surface area contributed by atoms with Gasteiger partial charge in [-0.15, -0.1) is 11.3 Å². The minimum Gasteiger partial charge on any atom is -0.278 e. The van der Waals surface area contributed by atoms with Crippen molar-refractivity contribution in [1.82, 2.24) is 14.5 Å². The molecule has 0 saturated heterocycles. The normalized spacial score (nSPS) is 11.8. The minimum atomic E-state index is 0.705. The lowest BCUT2D eigenvalue weighted by molar-refractivity contribution is 1.02. The molecule has 0 saturated carbocycles. The molecule has 0 atom stereocenters. The maximum atomic E-state index is 5.12. The van der Waals surface area contributed by atoms with E-state index in [2.05, 4.69) is 100 Å². The second-order valence-electron chi connectivity index (χ2n) is 7.94. The van der Waals surface area contributed by atoms with Crippen LogP contribution >= 0.6 is 11.3 Å². The number of rotatable bonds is 2. The van der Waals surface area contributed by atoms with Crippen molar-refractivity contribution in [2.75, 3.05) is 0 Å². The second kappa shape index (κ2) is 6.74. The topological polar surface area (TPSA) is 30.7 Å². The molecule has 0 unspecified atom stereocenters. The van der Waals surface area contributed by atoms with E-state index in [4.69, 9.17) is 9.97 Å². The molecule has 0 N–H and O–H groups in total. The fraction of sp³-hybridized carbons (Fsp3) is 0. The van der Waals surface area contributed by atoms with Gasteiger partial charge in [-0.25, -0.2) is 9.97 Å². The molecule has 32 heavy (non-hydrogen) atoms. The van der Waals surface area contributed by atoms with Crippen LogP contribution in [0.15, 0.2) is 102 Å². The van der Waals surface area contributed by atoms with Gasteiger partial charge in [0.25, 0.3) is 0 Å². The van der Waals surface area contributed by atoms with E-state index >= 15 is 0 Å². The average molecular weight is 428 g/mol. The molecule has 4 heteroatoms. The van der Waals surface area contributed by atoms with Crippen molar-refractivity contribution < 1.29 is 0 Å². The lowest BCUT2D eigenvalue weighted by atomic mass is 10.0. The van der Waals surface area contributed by atoms with Gasteiger partial charge in [0.1, 0.15) is 0 Å². The highest BCUT2D eigenvalue weighted by molar-refractivity contribution is 7.09. The zero-order chi connectivity index (χ0) is 21.1. The van der Waals surface area contributed by atoms with E-state index in [0.717, 1.165) is 33.2 Å². The molecule has 0 aliphatic rings. The Morgan fingerprint density at radius 2 is 1.38 bits per heavy atom. The summed E-state index contributed by atoms with van der Waals surface area (Å²) in [5, 5.41) is 10.3. The Balaban J connectivity index is 1.64. The van der Waals surface area contributed by atoms with Gasteiger partial charge < -0.3 is 0 Å². The van der Waals surface area contributed by atoms with Gasteiger partial charge in [0.05, 0.1) is 22.2 Å². The molecule has 3 heterocycles. The number of hydrogen-bond acceptors (Lipinski definition) is 3. The molecule has 0 aliphatic heterocycles. The molecule has 0 amide bonds. The first-order valence-corrected chi connectivity index (χ1v) is 11.5. The van der Waals surface area contributed by atoms with E-state index < -0.39 is 0 Å². The first-order chi connectivity index (χ1) is 15.9. The van der Waals surface area contributed by atoms with Gasteiger partial charge in [-0.3, -0.25) is 4.57 Å². The summed E-state index contributed by atoms with van der Waals surface area (Å²) < 4.78 is 2.21. The van der Waals surface area contributed by atoms with Crippen LogP contribution in [0.5, 0.6) is 0 Å². The first kappa shape index (κ1) is 17.6. The Morgan fingerprint density at radius 3 is 2.28 bits per heavy atom. The average Bonchev–Trinajstić information content (AvgIpc) is 3.46. The molecule has 4 aromatic carbocycles. The summed E-state index contributed by atoms with van der Waals surface area (Å²) in [5.41, 5.74) is 5.29. The zero-order valence-corrected chi connectivity index (χ0v) is 17.9. The molecule has 150 valence electrons. The minimum absolute atomic E-state index is 0.705. The third-order valence-corrected chi connectivity index (χ3v) is 6.87. The smallest absolute Gasteiger partial charge is 0.235 e. The van der Waals surface area contributed by atoms with Crippen molar-refractivity contribution in [3.05, 3.63) is 102 Å². The monoisotopic (exact) mass is 427 g/mol. The predicted octanol–water partition coefficient (Wildman–Crippen LogP) is 7.61. The maximum Gasteiger partial charge on any atom is 0.235 e. The van der Waals surface area contributed by atoms with Gasteiger partial charge in [-0.1, -0.05) is 78.9 Å². The largest absolute Gasteiger partial charge is 0.278 e. The number of para-hydroxylation sites is 1. The van der Waals surface area contributed by atoms with Crippen molar-refractivity contribution in [2.24, 2.45) is 0 Å². The maximum absolute atomic E-state index is 5.12. The number of fused-ring (bicyclic) bond motifs is 6. The van der Waals surface area contributed by atoms with Crippen LogP contribution in [0.3, 0.4) is 0 Å². The summed E-state index contributed by atoms with van der Waals surface area (Å²) in [6, 6.07) is 31.9. The van der Waals surface area contributed by atoms with Crippen LogP contribution in [0.2, 0.25) is 0 Å². The van der Waals surface area contributed by atoms with Crippen LogP contribution < -0.4 is 0 Å². The van der Waals surface area contributed by atoms with Gasteiger partial charge in [0.2, 0.25) is 5.95 Å². The lowest BCUT2D eigenvalue weighted by Gasteiger charge is -2.10. The molecular weight excluding hydrogens is 410 g/mol. The van der Waals surface area contributed by atoms with Crippen molar-refractivity contribution in [3.8, 4) is 17.2 Å². The van der Waals surface area contributed by atoms with E-state index in [1.165, 1.54) is 21.5 Å². The van der Waals surface area contributed by atoms with E-state index in [1.54, 1.807) is 11.3 Å². The fourth-order valence-corrected chi connectivity index (χ4v) is 5.46. The van der Waals surface area contributed by atoms with E-state index in [0.29, 0.717) is 5.95 Å². The molecule has 7 rings (SSSR count). The molecule has 0 spiro atoms. The van der Waals surface area contributed by atoms with E-state index in [-0.39, 0.29) is 0 Å². The highest BCUT2D eigenvalue weighted by Gasteiger charge is 2.18. The van der Waals surface area contributed by atoms with Gasteiger partial charge in [0.15, 0.2) is 0 Å². The van der Waals surface area contributed by atoms with Crippen molar-refractivity contribution in [3.63, 3.8) is 0 Å². The van der Waals surface area contributed by atoms with Gasteiger partial charge >= 0.3 is 0 Å². The molecule has 0 fully saturated rings. The number of aromatic nitrogens is 3. The standard InChI is InChI=1S/C28H17N3S/c1-2-9-19(10-3-1)27-22-16-32-17-23(22)29-28(30-27)31-24-13-7-6-12-21(24)26-20-11-5-4-8-18(20)14-15-25(26)31/h1-17H. The Labute approximate surface area is 188 Å². The predicted molar refractivity (Wildman–Crippen MR) is 135 cm³/mol. The molecular formula is C28H17N3S. The lowest BCUT2D eigenvalue weighted by Crippen LogP contribution is -2.02. The van der Waals surface area contributed by atoms with E-state index in [1.807, 2.05) is 6.07 Å². The number of nitrogens with zero attached hydrogens (tertiary/aromatic N) is 3. The summed E-state index contributed by atoms with van der Waals surface area (Å²) >= 11 is 1.67. The quantitative estimate of drug-likeness (QED) is 0.284. The number of benzene rings is 4. The highest BCUT2D eigenvalue weighted by atomic mass is 32.1. The van der Waals surface area contributed by atoms with Crippen molar-refractivity contribution >= 4 is 54.8 Å². The molecule has 3 aromatic heterocycles. The number of thiophene rings is 1. The highest BCUT2D eigenvalue weighted by Crippen LogP contribution is 2.37. The first-order valence-electron chi connectivity index (χ1n) is 10.6. The fourth-order valence-electron chi connectivity index (χ4n) is 4.72. The molecule has 0 aliphatic carbocycles. The SMILES string of the molecule is c1ccc(-c2nc(-n3c4ccccc4c4c5ccccc5ccc43)nc3cscc23)cc1. The molecule has 0 radical (unpaired) electrons. The third kappa shape index (κ3) is 2.47. The van der Waals surface area contributed by atoms with Crippen LogP contribution in [-0.2, 0) is 0 Å². The molecule has 7 aromatic rings. The van der Waals surface area contributed by atoms with Crippen LogP contribution in [-0.4, -0.2) is 14.5 Å². The van der Waals surface area contributed by atoms with E-state index in [9.17, 15) is 0 Å². The van der Waals surface area contributed by atoms with Gasteiger partial charge in [-0.2, -0.15) is 0 Å². The van der Waals surface area contributed by atoms with Gasteiger partial charge in [-0.05, 0) is 22.9 Å².